The van der Waals surface area contributed by atoms with E-state index in [0.717, 1.165) is 12.1 Å². The molecule has 2 aromatic rings. The molecular weight excluding hydrogens is 357 g/mol. The van der Waals surface area contributed by atoms with Crippen molar-refractivity contribution in [3.63, 3.8) is 0 Å². The van der Waals surface area contributed by atoms with Crippen LogP contribution in [-0.4, -0.2) is 19.0 Å². The van der Waals surface area contributed by atoms with Crippen molar-refractivity contribution in [1.29, 1.82) is 0 Å². The lowest BCUT2D eigenvalue weighted by Gasteiger charge is -2.23. The third-order valence-corrected chi connectivity index (χ3v) is 4.12. The Labute approximate surface area is 149 Å². The molecular formula is C17H16Cl2F2N2O. The summed E-state index contributed by atoms with van der Waals surface area (Å²) in [6.07, 6.45) is 0.147. The molecule has 3 nitrogen and oxygen atoms in total. The number of nitrogens with zero attached hydrogens (tertiary/aromatic N) is 1. The minimum atomic E-state index is -0.918. The van der Waals surface area contributed by atoms with Gasteiger partial charge in [-0.15, -0.1) is 0 Å². The normalized spacial score (nSPS) is 10.5. The molecule has 0 spiro atoms. The van der Waals surface area contributed by atoms with Crippen molar-refractivity contribution in [2.24, 2.45) is 0 Å². The number of amides is 1. The van der Waals surface area contributed by atoms with Gasteiger partial charge in [-0.05, 0) is 31.2 Å². The van der Waals surface area contributed by atoms with Crippen molar-refractivity contribution in [2.45, 2.75) is 13.3 Å². The topological polar surface area (TPSA) is 32.3 Å². The van der Waals surface area contributed by atoms with Crippen LogP contribution in [0.15, 0.2) is 36.4 Å². The summed E-state index contributed by atoms with van der Waals surface area (Å²) < 4.78 is 26.4. The van der Waals surface area contributed by atoms with E-state index in [4.69, 9.17) is 23.2 Å². The number of nitrogens with one attached hydrogen (secondary N) is 1. The first-order valence-electron chi connectivity index (χ1n) is 7.36. The molecule has 0 aliphatic rings. The average molecular weight is 373 g/mol. The fraction of sp³-hybridized carbons (Fsp3) is 0.235. The van der Waals surface area contributed by atoms with E-state index in [0.29, 0.717) is 34.5 Å². The van der Waals surface area contributed by atoms with Gasteiger partial charge in [0.2, 0.25) is 5.91 Å². The Bertz CT molecular complexity index is 720. The monoisotopic (exact) mass is 372 g/mol. The molecule has 1 N–H and O–H groups in total. The summed E-state index contributed by atoms with van der Waals surface area (Å²) >= 11 is 12.0. The predicted octanol–water partition coefficient (Wildman–Crippen LogP) is 5.13. The molecule has 0 aromatic heterocycles. The zero-order valence-electron chi connectivity index (χ0n) is 13.0. The van der Waals surface area contributed by atoms with Gasteiger partial charge in [0.15, 0.2) is 11.6 Å². The van der Waals surface area contributed by atoms with Crippen LogP contribution in [0.25, 0.3) is 0 Å². The van der Waals surface area contributed by atoms with Crippen LogP contribution in [0.3, 0.4) is 0 Å². The first kappa shape index (κ1) is 18.5. The second kappa shape index (κ2) is 8.31. The number of carbonyl (C=O) groups excluding carboxylic acids is 1. The number of rotatable bonds is 6. The zero-order valence-corrected chi connectivity index (χ0v) is 14.5. The summed E-state index contributed by atoms with van der Waals surface area (Å²) in [5.41, 5.74) is 0.877. The second-order valence-electron chi connectivity index (χ2n) is 5.07. The third kappa shape index (κ3) is 4.58. The smallest absolute Gasteiger partial charge is 0.226 e. The van der Waals surface area contributed by atoms with E-state index in [2.05, 4.69) is 5.32 Å². The Morgan fingerprint density at radius 3 is 2.38 bits per heavy atom. The van der Waals surface area contributed by atoms with E-state index < -0.39 is 11.6 Å². The molecule has 128 valence electrons. The maximum Gasteiger partial charge on any atom is 0.226 e. The van der Waals surface area contributed by atoms with Crippen molar-refractivity contribution in [3.05, 3.63) is 58.1 Å². The highest BCUT2D eigenvalue weighted by Gasteiger charge is 2.13. The van der Waals surface area contributed by atoms with E-state index in [1.807, 2.05) is 6.92 Å². The zero-order chi connectivity index (χ0) is 17.7. The van der Waals surface area contributed by atoms with Crippen LogP contribution in [0.5, 0.6) is 0 Å². The highest BCUT2D eigenvalue weighted by Crippen LogP contribution is 2.29. The van der Waals surface area contributed by atoms with E-state index in [1.54, 1.807) is 23.1 Å². The summed E-state index contributed by atoms with van der Waals surface area (Å²) in [6, 6.07) is 8.59. The summed E-state index contributed by atoms with van der Waals surface area (Å²) in [6.45, 7) is 2.75. The fourth-order valence-corrected chi connectivity index (χ4v) is 2.70. The highest BCUT2D eigenvalue weighted by molar-refractivity contribution is 6.39. The molecule has 0 saturated carbocycles. The minimum absolute atomic E-state index is 0.147. The Morgan fingerprint density at radius 2 is 1.79 bits per heavy atom. The quantitative estimate of drug-likeness (QED) is 0.762. The standard InChI is InChI=1S/C17H16Cl2F2N2O/c1-2-23(11-6-7-14(20)15(21)10-11)9-8-16(24)22-17-12(18)4-3-5-13(17)19/h3-7,10H,2,8-9H2,1H3,(H,22,24). The van der Waals surface area contributed by atoms with Crippen LogP contribution in [0.1, 0.15) is 13.3 Å². The van der Waals surface area contributed by atoms with Gasteiger partial charge < -0.3 is 10.2 Å². The van der Waals surface area contributed by atoms with Gasteiger partial charge in [-0.1, -0.05) is 29.3 Å². The molecule has 2 rings (SSSR count). The first-order valence-corrected chi connectivity index (χ1v) is 8.11. The van der Waals surface area contributed by atoms with Gasteiger partial charge in [0, 0.05) is 31.3 Å². The van der Waals surface area contributed by atoms with E-state index in [-0.39, 0.29) is 12.3 Å². The van der Waals surface area contributed by atoms with E-state index >= 15 is 0 Å². The average Bonchev–Trinajstić information content (AvgIpc) is 2.55. The van der Waals surface area contributed by atoms with Crippen molar-refractivity contribution in [1.82, 2.24) is 0 Å². The van der Waals surface area contributed by atoms with Crippen LogP contribution in [-0.2, 0) is 4.79 Å². The lowest BCUT2D eigenvalue weighted by atomic mass is 10.2. The summed E-state index contributed by atoms with van der Waals surface area (Å²) in [5.74, 6) is -2.09. The molecule has 24 heavy (non-hydrogen) atoms. The maximum atomic E-state index is 13.3. The number of benzene rings is 2. The predicted molar refractivity (Wildman–Crippen MR) is 94.0 cm³/mol. The lowest BCUT2D eigenvalue weighted by molar-refractivity contribution is -0.116. The molecule has 0 bridgehead atoms. The van der Waals surface area contributed by atoms with Gasteiger partial charge in [-0.3, -0.25) is 4.79 Å². The molecule has 7 heteroatoms. The van der Waals surface area contributed by atoms with Gasteiger partial charge >= 0.3 is 0 Å². The first-order chi connectivity index (χ1) is 11.4. The molecule has 0 saturated heterocycles. The van der Waals surface area contributed by atoms with Crippen LogP contribution in [0.2, 0.25) is 10.0 Å². The largest absolute Gasteiger partial charge is 0.371 e. The van der Waals surface area contributed by atoms with Crippen LogP contribution in [0.4, 0.5) is 20.2 Å². The Hall–Kier alpha value is -1.85. The minimum Gasteiger partial charge on any atom is -0.371 e. The highest BCUT2D eigenvalue weighted by atomic mass is 35.5. The summed E-state index contributed by atoms with van der Waals surface area (Å²) in [4.78, 5) is 13.9. The van der Waals surface area contributed by atoms with Crippen LogP contribution in [0, 0.1) is 11.6 Å². The van der Waals surface area contributed by atoms with E-state index in [9.17, 15) is 13.6 Å². The van der Waals surface area contributed by atoms with Gasteiger partial charge in [0.25, 0.3) is 0 Å². The molecule has 0 fully saturated rings. The molecule has 0 aliphatic heterocycles. The van der Waals surface area contributed by atoms with Crippen molar-refractivity contribution >= 4 is 40.5 Å². The number of carbonyl (C=O) groups is 1. The van der Waals surface area contributed by atoms with Gasteiger partial charge in [0.1, 0.15) is 0 Å². The molecule has 0 aliphatic carbocycles. The fourth-order valence-electron chi connectivity index (χ4n) is 2.21. The molecule has 0 unspecified atom stereocenters. The molecule has 1 amide bonds. The van der Waals surface area contributed by atoms with Crippen LogP contribution >= 0.6 is 23.2 Å². The maximum absolute atomic E-state index is 13.3. The number of halogens is 4. The Balaban J connectivity index is 2.00. The van der Waals surface area contributed by atoms with Crippen molar-refractivity contribution < 1.29 is 13.6 Å². The van der Waals surface area contributed by atoms with Crippen LogP contribution < -0.4 is 10.2 Å². The number of hydrogen-bond acceptors (Lipinski definition) is 2. The van der Waals surface area contributed by atoms with Crippen molar-refractivity contribution in [2.75, 3.05) is 23.3 Å². The van der Waals surface area contributed by atoms with Gasteiger partial charge in [-0.25, -0.2) is 8.78 Å². The molecule has 0 atom stereocenters. The molecule has 2 aromatic carbocycles. The van der Waals surface area contributed by atoms with E-state index in [1.165, 1.54) is 6.07 Å². The van der Waals surface area contributed by atoms with Gasteiger partial charge in [-0.2, -0.15) is 0 Å². The Morgan fingerprint density at radius 1 is 1.12 bits per heavy atom. The summed E-state index contributed by atoms with van der Waals surface area (Å²) in [7, 11) is 0. The molecule has 0 heterocycles. The lowest BCUT2D eigenvalue weighted by Crippen LogP contribution is -2.27. The number of hydrogen-bond donors (Lipinski definition) is 1. The summed E-state index contributed by atoms with van der Waals surface area (Å²) in [5, 5.41) is 3.37. The third-order valence-electron chi connectivity index (χ3n) is 3.49. The number of anilines is 2. The Kier molecular flexibility index (Phi) is 6.40. The number of para-hydroxylation sites is 1. The second-order valence-corrected chi connectivity index (χ2v) is 5.89. The SMILES string of the molecule is CCN(CCC(=O)Nc1c(Cl)cccc1Cl)c1ccc(F)c(F)c1. The molecule has 0 radical (unpaired) electrons. The van der Waals surface area contributed by atoms with Gasteiger partial charge in [0.05, 0.1) is 15.7 Å². The van der Waals surface area contributed by atoms with Crippen molar-refractivity contribution in [3.8, 4) is 0 Å².